The Bertz CT molecular complexity index is 349. The Labute approximate surface area is 97.0 Å². The first-order valence-corrected chi connectivity index (χ1v) is 4.97. The summed E-state index contributed by atoms with van der Waals surface area (Å²) in [5.74, 6) is -4.59. The van der Waals surface area contributed by atoms with Crippen molar-refractivity contribution in [1.82, 2.24) is 0 Å². The lowest BCUT2D eigenvalue weighted by Crippen LogP contribution is -2.21. The van der Waals surface area contributed by atoms with E-state index in [4.69, 9.17) is 4.74 Å². The molecule has 1 aliphatic carbocycles. The maximum Gasteiger partial charge on any atom is 0.417 e. The molecule has 7 nitrogen and oxygen atoms in total. The molecule has 94 valence electrons. The highest BCUT2D eigenvalue weighted by atomic mass is 16.6. The fourth-order valence-electron chi connectivity index (χ4n) is 1.40. The van der Waals surface area contributed by atoms with Crippen molar-refractivity contribution in [3.63, 3.8) is 0 Å². The molecular weight excluding hydrogens is 232 g/mol. The molecule has 7 heteroatoms. The van der Waals surface area contributed by atoms with Crippen molar-refractivity contribution in [3.8, 4) is 0 Å². The van der Waals surface area contributed by atoms with Crippen LogP contribution in [0.4, 0.5) is 0 Å². The summed E-state index contributed by atoms with van der Waals surface area (Å²) in [6.45, 7) is 1.78. The predicted molar refractivity (Wildman–Crippen MR) is 51.6 cm³/mol. The zero-order valence-electron chi connectivity index (χ0n) is 9.37. The molecule has 0 radical (unpaired) electrons. The van der Waals surface area contributed by atoms with Crippen LogP contribution in [0.2, 0.25) is 0 Å². The number of hydrogen-bond acceptors (Lipinski definition) is 7. The normalized spacial score (nSPS) is 25.6. The molecule has 0 heterocycles. The van der Waals surface area contributed by atoms with E-state index in [1.54, 1.807) is 6.92 Å². The van der Waals surface area contributed by atoms with Crippen LogP contribution in [0.15, 0.2) is 0 Å². The summed E-state index contributed by atoms with van der Waals surface area (Å²) in [5.41, 5.74) is 0. The van der Waals surface area contributed by atoms with Gasteiger partial charge in [-0.3, -0.25) is 4.79 Å². The van der Waals surface area contributed by atoms with Gasteiger partial charge in [0.05, 0.1) is 19.6 Å². The Hall–Kier alpha value is -1.92. The van der Waals surface area contributed by atoms with E-state index in [2.05, 4.69) is 9.47 Å². The van der Waals surface area contributed by atoms with E-state index in [-0.39, 0.29) is 6.61 Å². The van der Waals surface area contributed by atoms with Crippen molar-refractivity contribution in [2.75, 3.05) is 13.7 Å². The maximum absolute atomic E-state index is 11.3. The van der Waals surface area contributed by atoms with E-state index in [1.807, 2.05) is 0 Å². The molecule has 0 aromatic carbocycles. The summed E-state index contributed by atoms with van der Waals surface area (Å²) in [5, 5.41) is 0. The van der Waals surface area contributed by atoms with Gasteiger partial charge in [0.1, 0.15) is 18.3 Å². The summed E-state index contributed by atoms with van der Waals surface area (Å²) in [7, 11) is 1.02. The zero-order chi connectivity index (χ0) is 13.0. The molecule has 0 bridgehead atoms. The highest BCUT2D eigenvalue weighted by Crippen LogP contribution is 2.41. The van der Waals surface area contributed by atoms with E-state index >= 15 is 0 Å². The summed E-state index contributed by atoms with van der Waals surface area (Å²) >= 11 is 0. The van der Waals surface area contributed by atoms with Gasteiger partial charge in [-0.2, -0.15) is 0 Å². The third-order valence-electron chi connectivity index (χ3n) is 2.32. The molecule has 1 rings (SSSR count). The highest BCUT2D eigenvalue weighted by Gasteiger charge is 2.59. The minimum atomic E-state index is -1.23. The summed E-state index contributed by atoms with van der Waals surface area (Å²) in [4.78, 5) is 43.7. The van der Waals surface area contributed by atoms with Crippen molar-refractivity contribution in [3.05, 3.63) is 0 Å². The molecule has 0 N–H and O–H groups in total. The molecule has 0 spiro atoms. The largest absolute Gasteiger partial charge is 0.466 e. The molecule has 1 saturated carbocycles. The van der Waals surface area contributed by atoms with Gasteiger partial charge in [0.15, 0.2) is 0 Å². The van der Waals surface area contributed by atoms with Crippen LogP contribution in [-0.2, 0) is 33.4 Å². The second-order valence-corrected chi connectivity index (χ2v) is 3.35. The van der Waals surface area contributed by atoms with E-state index in [0.717, 1.165) is 7.11 Å². The molecule has 1 fully saturated rings. The Morgan fingerprint density at radius 3 is 2.35 bits per heavy atom. The van der Waals surface area contributed by atoms with Crippen molar-refractivity contribution in [2.45, 2.75) is 13.0 Å². The van der Waals surface area contributed by atoms with Crippen molar-refractivity contribution in [1.29, 1.82) is 0 Å². The van der Waals surface area contributed by atoms with Gasteiger partial charge in [0.2, 0.25) is 0 Å². The Morgan fingerprint density at radius 1 is 1.24 bits per heavy atom. The number of ether oxygens (including phenoxy) is 3. The Balaban J connectivity index is 2.55. The number of hydrogen-bond donors (Lipinski definition) is 0. The average Bonchev–Trinajstić information content (AvgIpc) is 3.01. The van der Waals surface area contributed by atoms with Gasteiger partial charge in [-0.05, 0) is 6.92 Å². The smallest absolute Gasteiger partial charge is 0.417 e. The zero-order valence-corrected chi connectivity index (χ0v) is 9.37. The van der Waals surface area contributed by atoms with Gasteiger partial charge in [0, 0.05) is 0 Å². The van der Waals surface area contributed by atoms with Gasteiger partial charge < -0.3 is 19.0 Å². The van der Waals surface area contributed by atoms with Crippen LogP contribution in [0.1, 0.15) is 6.92 Å². The van der Waals surface area contributed by atoms with E-state index < -0.39 is 35.8 Å². The van der Waals surface area contributed by atoms with Crippen molar-refractivity contribution >= 4 is 24.2 Å². The molecule has 17 heavy (non-hydrogen) atoms. The molecule has 0 aromatic rings. The number of carbonyl (C=O) groups is 4. The molecule has 0 saturated heterocycles. The van der Waals surface area contributed by atoms with Gasteiger partial charge in [0.25, 0.3) is 0 Å². The Kier molecular flexibility index (Phi) is 4.19. The molecule has 0 unspecified atom stereocenters. The topological polar surface area (TPSA) is 96.0 Å². The van der Waals surface area contributed by atoms with Crippen LogP contribution in [0.25, 0.3) is 0 Å². The molecule has 0 aliphatic heterocycles. The highest BCUT2D eigenvalue weighted by molar-refractivity contribution is 6.29. The lowest BCUT2D eigenvalue weighted by Gasteiger charge is -2.02. The summed E-state index contributed by atoms with van der Waals surface area (Å²) < 4.78 is 13.5. The van der Waals surface area contributed by atoms with Crippen LogP contribution in [-0.4, -0.2) is 44.0 Å². The fourth-order valence-corrected chi connectivity index (χ4v) is 1.40. The van der Waals surface area contributed by atoms with Crippen LogP contribution in [0.5, 0.6) is 0 Å². The standard InChI is InChI=1S/C10H12O7/c1-3-16-8(12)6-5(4-11)7(6)17-10(14)9(13)15-2/h4-7H,3H2,1-2H3/t5-,6-,7-/m0/s1. The number of esters is 3. The first-order chi connectivity index (χ1) is 8.06. The van der Waals surface area contributed by atoms with E-state index in [1.165, 1.54) is 0 Å². The van der Waals surface area contributed by atoms with Crippen molar-refractivity contribution in [2.24, 2.45) is 11.8 Å². The first-order valence-electron chi connectivity index (χ1n) is 4.97. The molecule has 0 amide bonds. The third kappa shape index (κ3) is 2.80. The van der Waals surface area contributed by atoms with E-state index in [0.29, 0.717) is 6.29 Å². The minimum absolute atomic E-state index is 0.165. The van der Waals surface area contributed by atoms with Crippen molar-refractivity contribution < 1.29 is 33.4 Å². The van der Waals surface area contributed by atoms with Gasteiger partial charge in [-0.15, -0.1) is 0 Å². The molecule has 1 aliphatic rings. The number of aldehydes is 1. The molecular formula is C10H12O7. The van der Waals surface area contributed by atoms with Crippen LogP contribution in [0.3, 0.4) is 0 Å². The first kappa shape index (κ1) is 13.1. The van der Waals surface area contributed by atoms with Crippen LogP contribution < -0.4 is 0 Å². The van der Waals surface area contributed by atoms with Crippen LogP contribution in [0, 0.1) is 11.8 Å². The molecule has 0 aromatic heterocycles. The second-order valence-electron chi connectivity index (χ2n) is 3.35. The SMILES string of the molecule is CCOC(=O)[C@H]1[C@H](C=O)[C@@H]1OC(=O)C(=O)OC. The van der Waals surface area contributed by atoms with Gasteiger partial charge in [-0.25, -0.2) is 9.59 Å². The lowest BCUT2D eigenvalue weighted by molar-refractivity contribution is -0.167. The Morgan fingerprint density at radius 2 is 1.88 bits per heavy atom. The average molecular weight is 244 g/mol. The fraction of sp³-hybridized carbons (Fsp3) is 0.600. The monoisotopic (exact) mass is 244 g/mol. The minimum Gasteiger partial charge on any atom is -0.466 e. The predicted octanol–water partition coefficient (Wildman–Crippen LogP) is -0.921. The van der Waals surface area contributed by atoms with Crippen LogP contribution >= 0.6 is 0 Å². The second kappa shape index (κ2) is 5.42. The maximum atomic E-state index is 11.3. The quantitative estimate of drug-likeness (QED) is 0.273. The summed E-state index contributed by atoms with van der Waals surface area (Å²) in [6.07, 6.45) is -0.435. The molecule has 3 atom stereocenters. The van der Waals surface area contributed by atoms with E-state index in [9.17, 15) is 19.2 Å². The number of rotatable bonds is 4. The number of methoxy groups -OCH3 is 1. The number of carbonyl (C=O) groups excluding carboxylic acids is 4. The van der Waals surface area contributed by atoms with Gasteiger partial charge in [-0.1, -0.05) is 0 Å². The van der Waals surface area contributed by atoms with Gasteiger partial charge >= 0.3 is 17.9 Å². The summed E-state index contributed by atoms with van der Waals surface area (Å²) in [6, 6.07) is 0. The lowest BCUT2D eigenvalue weighted by atomic mass is 10.3. The third-order valence-corrected chi connectivity index (χ3v) is 2.32.